The molecule has 106 valence electrons. The Hall–Kier alpha value is -2.43. The molecule has 3 heterocycles. The van der Waals surface area contributed by atoms with Crippen molar-refractivity contribution in [2.24, 2.45) is 0 Å². The Labute approximate surface area is 121 Å². The van der Waals surface area contributed by atoms with E-state index in [9.17, 15) is 0 Å². The van der Waals surface area contributed by atoms with Gasteiger partial charge in [0, 0.05) is 26.2 Å². The maximum absolute atomic E-state index is 5.96. The van der Waals surface area contributed by atoms with Crippen LogP contribution in [0.3, 0.4) is 0 Å². The number of nitrogens with one attached hydrogen (secondary N) is 1. The summed E-state index contributed by atoms with van der Waals surface area (Å²) in [6, 6.07) is 9.55. The topological polar surface area (TPSA) is 84.4 Å². The number of anilines is 1. The van der Waals surface area contributed by atoms with E-state index in [4.69, 9.17) is 5.73 Å². The molecule has 0 saturated carbocycles. The maximum atomic E-state index is 5.96. The van der Waals surface area contributed by atoms with E-state index in [1.54, 1.807) is 10.6 Å². The molecule has 1 aliphatic rings. The van der Waals surface area contributed by atoms with Crippen molar-refractivity contribution in [2.75, 3.05) is 31.9 Å². The molecule has 4 rings (SSSR count). The largest absolute Gasteiger partial charge is 0.368 e. The summed E-state index contributed by atoms with van der Waals surface area (Å²) in [5.41, 5.74) is 7.36. The second-order valence-electron chi connectivity index (χ2n) is 5.12. The van der Waals surface area contributed by atoms with E-state index in [1.807, 2.05) is 6.07 Å². The summed E-state index contributed by atoms with van der Waals surface area (Å²) in [6.45, 7) is 4.75. The highest BCUT2D eigenvalue weighted by atomic mass is 15.4. The van der Waals surface area contributed by atoms with Crippen molar-refractivity contribution in [1.82, 2.24) is 29.8 Å². The molecule has 0 aliphatic carbocycles. The molecule has 7 heteroatoms. The van der Waals surface area contributed by atoms with Crippen molar-refractivity contribution < 1.29 is 0 Å². The van der Waals surface area contributed by atoms with Crippen molar-refractivity contribution >= 4 is 22.5 Å². The first kappa shape index (κ1) is 12.3. The molecule has 0 unspecified atom stereocenters. The molecule has 0 amide bonds. The van der Waals surface area contributed by atoms with E-state index in [1.165, 1.54) is 0 Å². The van der Waals surface area contributed by atoms with Gasteiger partial charge in [-0.05, 0) is 18.2 Å². The van der Waals surface area contributed by atoms with Crippen LogP contribution in [0.5, 0.6) is 0 Å². The molecule has 0 atom stereocenters. The molecular weight excluding hydrogens is 266 g/mol. The van der Waals surface area contributed by atoms with Gasteiger partial charge < -0.3 is 11.1 Å². The second-order valence-corrected chi connectivity index (χ2v) is 5.12. The molecule has 3 aromatic rings. The predicted octanol–water partition coefficient (Wildman–Crippen LogP) is -0.135. The molecule has 0 spiro atoms. The van der Waals surface area contributed by atoms with Gasteiger partial charge in [-0.3, -0.25) is 4.90 Å². The van der Waals surface area contributed by atoms with E-state index in [-0.39, 0.29) is 0 Å². The van der Waals surface area contributed by atoms with Crippen molar-refractivity contribution in [3.8, 4) is 0 Å². The number of nitrogens with two attached hydrogens (primary N) is 1. The fourth-order valence-electron chi connectivity index (χ4n) is 2.64. The van der Waals surface area contributed by atoms with Crippen molar-refractivity contribution in [2.45, 2.75) is 6.54 Å². The van der Waals surface area contributed by atoms with Crippen LogP contribution in [0.4, 0.5) is 5.95 Å². The highest BCUT2D eigenvalue weighted by Gasteiger charge is 2.15. The SMILES string of the molecule is Nc1nc2c#cccc2c2nc(CN3CCNCC3)nn12. The molecule has 1 aliphatic heterocycles. The fraction of sp³-hybridized carbons (Fsp3) is 0.357. The number of hydrogen-bond acceptors (Lipinski definition) is 6. The lowest BCUT2D eigenvalue weighted by Crippen LogP contribution is -2.43. The summed E-state index contributed by atoms with van der Waals surface area (Å²) in [7, 11) is 0. The molecular formula is C14H15N7. The Morgan fingerprint density at radius 3 is 3.00 bits per heavy atom. The van der Waals surface area contributed by atoms with Crippen molar-refractivity contribution in [3.05, 3.63) is 30.1 Å². The Balaban J connectivity index is 1.77. The normalized spacial score (nSPS) is 16.4. The number of aromatic nitrogens is 4. The van der Waals surface area contributed by atoms with E-state index >= 15 is 0 Å². The van der Waals surface area contributed by atoms with Gasteiger partial charge >= 0.3 is 0 Å². The second kappa shape index (κ2) is 4.84. The van der Waals surface area contributed by atoms with E-state index in [2.05, 4.69) is 37.4 Å². The summed E-state index contributed by atoms with van der Waals surface area (Å²) in [5, 5.41) is 8.71. The van der Waals surface area contributed by atoms with Gasteiger partial charge in [-0.25, -0.2) is 9.97 Å². The first-order valence-corrected chi connectivity index (χ1v) is 6.97. The summed E-state index contributed by atoms with van der Waals surface area (Å²) in [4.78, 5) is 11.3. The first-order chi connectivity index (χ1) is 10.3. The van der Waals surface area contributed by atoms with Gasteiger partial charge in [0.25, 0.3) is 0 Å². The van der Waals surface area contributed by atoms with Crippen LogP contribution >= 0.6 is 0 Å². The Bertz CT molecular complexity index is 788. The molecule has 2 aromatic heterocycles. The maximum Gasteiger partial charge on any atom is 0.224 e. The third-order valence-corrected chi connectivity index (χ3v) is 3.69. The quantitative estimate of drug-likeness (QED) is 0.680. The number of nitrogens with zero attached hydrogens (tertiary/aromatic N) is 5. The first-order valence-electron chi connectivity index (χ1n) is 6.97. The lowest BCUT2D eigenvalue weighted by Gasteiger charge is -2.25. The zero-order valence-electron chi connectivity index (χ0n) is 11.5. The van der Waals surface area contributed by atoms with Crippen LogP contribution < -0.4 is 11.1 Å². The van der Waals surface area contributed by atoms with Gasteiger partial charge in [-0.15, -0.1) is 5.10 Å². The van der Waals surface area contributed by atoms with Crippen LogP contribution in [0, 0.1) is 12.1 Å². The van der Waals surface area contributed by atoms with Crippen molar-refractivity contribution in [1.29, 1.82) is 0 Å². The minimum Gasteiger partial charge on any atom is -0.368 e. The average Bonchev–Trinajstić information content (AvgIpc) is 2.93. The molecule has 21 heavy (non-hydrogen) atoms. The third-order valence-electron chi connectivity index (χ3n) is 3.69. The monoisotopic (exact) mass is 281 g/mol. The van der Waals surface area contributed by atoms with Crippen LogP contribution in [0.2, 0.25) is 0 Å². The standard InChI is InChI=1S/C14H15N7/c15-14-17-11-4-2-1-3-10(11)13-18-12(19-21(13)14)9-20-7-5-16-6-8-20/h1,3,16H,5-9H2,(H2,15,17). The Kier molecular flexibility index (Phi) is 2.84. The summed E-state index contributed by atoms with van der Waals surface area (Å²) in [5.74, 6) is 1.10. The number of hydrogen-bond donors (Lipinski definition) is 2. The summed E-state index contributed by atoms with van der Waals surface area (Å²) < 4.78 is 1.60. The summed E-state index contributed by atoms with van der Waals surface area (Å²) >= 11 is 0. The minimum atomic E-state index is 0.326. The molecule has 1 aromatic carbocycles. The number of nitrogen functional groups attached to an aromatic ring is 1. The smallest absolute Gasteiger partial charge is 0.224 e. The molecule has 3 N–H and O–H groups in total. The lowest BCUT2D eigenvalue weighted by molar-refractivity contribution is 0.228. The summed E-state index contributed by atoms with van der Waals surface area (Å²) in [6.07, 6.45) is 0. The van der Waals surface area contributed by atoms with Gasteiger partial charge in [0.1, 0.15) is 5.52 Å². The number of piperazine rings is 1. The zero-order valence-corrected chi connectivity index (χ0v) is 11.5. The molecule has 0 bridgehead atoms. The minimum absolute atomic E-state index is 0.326. The van der Waals surface area contributed by atoms with Crippen LogP contribution in [0.1, 0.15) is 5.82 Å². The number of fused-ring (bicyclic) bond motifs is 3. The van der Waals surface area contributed by atoms with Gasteiger partial charge in [0.05, 0.1) is 11.9 Å². The fourth-order valence-corrected chi connectivity index (χ4v) is 2.64. The van der Waals surface area contributed by atoms with Crippen molar-refractivity contribution in [3.63, 3.8) is 0 Å². The van der Waals surface area contributed by atoms with Gasteiger partial charge in [0.15, 0.2) is 11.5 Å². The van der Waals surface area contributed by atoms with Crippen LogP contribution in [0.15, 0.2) is 12.1 Å². The molecule has 1 saturated heterocycles. The van der Waals surface area contributed by atoms with Gasteiger partial charge in [-0.1, -0.05) is 6.07 Å². The molecule has 1 fully saturated rings. The van der Waals surface area contributed by atoms with E-state index in [0.29, 0.717) is 11.5 Å². The highest BCUT2D eigenvalue weighted by Crippen LogP contribution is 2.17. The van der Waals surface area contributed by atoms with Crippen LogP contribution in [0.25, 0.3) is 16.6 Å². The van der Waals surface area contributed by atoms with Gasteiger partial charge in [-0.2, -0.15) is 4.52 Å². The Morgan fingerprint density at radius 2 is 2.14 bits per heavy atom. The third kappa shape index (κ3) is 2.14. The average molecular weight is 281 g/mol. The number of rotatable bonds is 2. The highest BCUT2D eigenvalue weighted by molar-refractivity contribution is 5.90. The van der Waals surface area contributed by atoms with Gasteiger partial charge in [0.2, 0.25) is 5.95 Å². The van der Waals surface area contributed by atoms with E-state index in [0.717, 1.165) is 49.6 Å². The molecule has 0 radical (unpaired) electrons. The zero-order chi connectivity index (χ0) is 14.2. The molecule has 7 nitrogen and oxygen atoms in total. The van der Waals surface area contributed by atoms with Crippen LogP contribution in [-0.2, 0) is 6.54 Å². The predicted molar refractivity (Wildman–Crippen MR) is 78.5 cm³/mol. The lowest BCUT2D eigenvalue weighted by atomic mass is 10.3. The Morgan fingerprint density at radius 1 is 1.29 bits per heavy atom. The van der Waals surface area contributed by atoms with Crippen LogP contribution in [-0.4, -0.2) is 50.7 Å². The van der Waals surface area contributed by atoms with E-state index < -0.39 is 0 Å².